The molecule has 1 aliphatic carbocycles. The predicted molar refractivity (Wildman–Crippen MR) is 95.8 cm³/mol. The van der Waals surface area contributed by atoms with Crippen LogP contribution in [-0.2, 0) is 9.59 Å². The fourth-order valence-corrected chi connectivity index (χ4v) is 3.14. The van der Waals surface area contributed by atoms with E-state index in [1.807, 2.05) is 18.2 Å². The highest BCUT2D eigenvalue weighted by Crippen LogP contribution is 2.29. The number of hydrogen-bond donors (Lipinski definition) is 2. The minimum atomic E-state index is -0.743. The van der Waals surface area contributed by atoms with E-state index >= 15 is 0 Å². The summed E-state index contributed by atoms with van der Waals surface area (Å²) >= 11 is 0. The Morgan fingerprint density at radius 2 is 1.96 bits per heavy atom. The number of unbranched alkanes of at least 4 members (excludes halogenated alkanes) is 5. The van der Waals surface area contributed by atoms with E-state index in [1.54, 1.807) is 6.08 Å². The number of aliphatic hydroxyl groups excluding tert-OH is 1. The summed E-state index contributed by atoms with van der Waals surface area (Å²) in [6, 6.07) is 0. The van der Waals surface area contributed by atoms with Crippen molar-refractivity contribution in [1.82, 2.24) is 0 Å². The molecule has 0 aromatic rings. The lowest BCUT2D eigenvalue weighted by Gasteiger charge is -2.15. The summed E-state index contributed by atoms with van der Waals surface area (Å²) in [4.78, 5) is 22.4. The molecule has 0 aromatic carbocycles. The van der Waals surface area contributed by atoms with Gasteiger partial charge < -0.3 is 10.2 Å². The largest absolute Gasteiger partial charge is 0.481 e. The monoisotopic (exact) mass is 336 g/mol. The molecule has 0 amide bonds. The summed E-state index contributed by atoms with van der Waals surface area (Å²) < 4.78 is 0. The number of aliphatic hydroxyl groups is 1. The third-order valence-corrected chi connectivity index (χ3v) is 4.63. The number of allylic oxidation sites excluding steroid dienone is 3. The van der Waals surface area contributed by atoms with Gasteiger partial charge in [-0.3, -0.25) is 9.59 Å². The van der Waals surface area contributed by atoms with Crippen LogP contribution in [0.1, 0.15) is 71.1 Å². The van der Waals surface area contributed by atoms with Crippen molar-refractivity contribution in [3.8, 4) is 0 Å². The molecule has 3 atom stereocenters. The van der Waals surface area contributed by atoms with Crippen LogP contribution in [0.2, 0.25) is 0 Å². The van der Waals surface area contributed by atoms with E-state index in [0.29, 0.717) is 6.42 Å². The highest BCUT2D eigenvalue weighted by molar-refractivity contribution is 5.94. The fraction of sp³-hybridized carbons (Fsp3) is 0.700. The van der Waals surface area contributed by atoms with Crippen molar-refractivity contribution >= 4 is 11.8 Å². The summed E-state index contributed by atoms with van der Waals surface area (Å²) in [5.41, 5.74) is 0. The second kappa shape index (κ2) is 12.0. The Bertz CT molecular complexity index is 439. The quantitative estimate of drug-likeness (QED) is 0.389. The molecule has 0 aromatic heterocycles. The van der Waals surface area contributed by atoms with Crippen LogP contribution >= 0.6 is 0 Å². The van der Waals surface area contributed by atoms with Gasteiger partial charge in [-0.1, -0.05) is 63.7 Å². The van der Waals surface area contributed by atoms with Gasteiger partial charge >= 0.3 is 5.97 Å². The second-order valence-electron chi connectivity index (χ2n) is 6.74. The molecular weight excluding hydrogens is 304 g/mol. The number of hydrogen-bond acceptors (Lipinski definition) is 3. The van der Waals surface area contributed by atoms with Crippen molar-refractivity contribution in [2.45, 2.75) is 77.2 Å². The van der Waals surface area contributed by atoms with Crippen molar-refractivity contribution in [1.29, 1.82) is 0 Å². The summed E-state index contributed by atoms with van der Waals surface area (Å²) in [5, 5.41) is 18.6. The van der Waals surface area contributed by atoms with Crippen LogP contribution in [0, 0.1) is 11.8 Å². The molecule has 0 saturated carbocycles. The predicted octanol–water partition coefficient (Wildman–Crippen LogP) is 4.28. The molecule has 0 fully saturated rings. The smallest absolute Gasteiger partial charge is 0.303 e. The number of rotatable bonds is 13. The zero-order chi connectivity index (χ0) is 17.8. The number of carbonyl (C=O) groups excluding carboxylic acids is 1. The Hall–Kier alpha value is -1.42. The van der Waals surface area contributed by atoms with Gasteiger partial charge in [0.1, 0.15) is 0 Å². The van der Waals surface area contributed by atoms with E-state index in [1.165, 1.54) is 0 Å². The number of aliphatic carboxylic acids is 1. The summed E-state index contributed by atoms with van der Waals surface area (Å²) in [5.74, 6) is -0.482. The second-order valence-corrected chi connectivity index (χ2v) is 6.74. The molecular formula is C20H32O4. The maximum Gasteiger partial charge on any atom is 0.303 e. The number of carboxylic acids is 1. The van der Waals surface area contributed by atoms with Crippen LogP contribution in [0.15, 0.2) is 24.3 Å². The van der Waals surface area contributed by atoms with E-state index in [4.69, 9.17) is 5.11 Å². The van der Waals surface area contributed by atoms with Crippen LogP contribution in [-0.4, -0.2) is 28.1 Å². The van der Waals surface area contributed by atoms with Gasteiger partial charge in [-0.2, -0.15) is 0 Å². The van der Waals surface area contributed by atoms with Crippen molar-refractivity contribution in [3.05, 3.63) is 24.3 Å². The molecule has 136 valence electrons. The zero-order valence-corrected chi connectivity index (χ0v) is 14.8. The van der Waals surface area contributed by atoms with Gasteiger partial charge in [0.2, 0.25) is 0 Å². The van der Waals surface area contributed by atoms with Crippen molar-refractivity contribution < 1.29 is 19.8 Å². The van der Waals surface area contributed by atoms with E-state index in [2.05, 4.69) is 6.92 Å². The van der Waals surface area contributed by atoms with Gasteiger partial charge in [0.15, 0.2) is 5.78 Å². The molecule has 1 rings (SSSR count). The normalized spacial score (nSPS) is 21.7. The molecule has 0 radical (unpaired) electrons. The van der Waals surface area contributed by atoms with Crippen LogP contribution < -0.4 is 0 Å². The van der Waals surface area contributed by atoms with Gasteiger partial charge in [0.25, 0.3) is 0 Å². The molecule has 24 heavy (non-hydrogen) atoms. The summed E-state index contributed by atoms with van der Waals surface area (Å²) in [6.07, 6.45) is 15.7. The molecule has 4 nitrogen and oxygen atoms in total. The summed E-state index contributed by atoms with van der Waals surface area (Å²) in [7, 11) is 0. The third-order valence-electron chi connectivity index (χ3n) is 4.63. The third kappa shape index (κ3) is 8.44. The molecule has 0 heterocycles. The van der Waals surface area contributed by atoms with Gasteiger partial charge in [-0.05, 0) is 25.3 Å². The maximum absolute atomic E-state index is 12.0. The lowest BCUT2D eigenvalue weighted by molar-refractivity contribution is -0.137. The molecule has 0 aliphatic heterocycles. The SMILES string of the molecule is CCCCC[C@@H](O)/C=C/[C@@H]1C=CC(=O)[C@H]1CCCCCCC(=O)O. The lowest BCUT2D eigenvalue weighted by atomic mass is 9.88. The van der Waals surface area contributed by atoms with E-state index < -0.39 is 12.1 Å². The summed E-state index contributed by atoms with van der Waals surface area (Å²) in [6.45, 7) is 2.14. The van der Waals surface area contributed by atoms with Crippen molar-refractivity contribution in [2.75, 3.05) is 0 Å². The van der Waals surface area contributed by atoms with Crippen LogP contribution in [0.4, 0.5) is 0 Å². The lowest BCUT2D eigenvalue weighted by Crippen LogP contribution is -2.15. The van der Waals surface area contributed by atoms with Gasteiger partial charge in [0.05, 0.1) is 6.10 Å². The first-order valence-corrected chi connectivity index (χ1v) is 9.34. The van der Waals surface area contributed by atoms with E-state index in [9.17, 15) is 14.7 Å². The average Bonchev–Trinajstić information content (AvgIpc) is 2.89. The van der Waals surface area contributed by atoms with Crippen LogP contribution in [0.25, 0.3) is 0 Å². The van der Waals surface area contributed by atoms with Crippen LogP contribution in [0.3, 0.4) is 0 Å². The maximum atomic E-state index is 12.0. The molecule has 2 N–H and O–H groups in total. The van der Waals surface area contributed by atoms with Gasteiger partial charge in [-0.25, -0.2) is 0 Å². The zero-order valence-electron chi connectivity index (χ0n) is 14.8. The minimum Gasteiger partial charge on any atom is -0.481 e. The molecule has 4 heteroatoms. The number of carboxylic acid groups (broad SMARTS) is 1. The van der Waals surface area contributed by atoms with Crippen LogP contribution in [0.5, 0.6) is 0 Å². The van der Waals surface area contributed by atoms with E-state index in [-0.39, 0.29) is 24.0 Å². The Labute approximate surface area is 145 Å². The van der Waals surface area contributed by atoms with Crippen molar-refractivity contribution in [3.63, 3.8) is 0 Å². The van der Waals surface area contributed by atoms with E-state index in [0.717, 1.165) is 51.4 Å². The Morgan fingerprint density at radius 3 is 2.67 bits per heavy atom. The van der Waals surface area contributed by atoms with Gasteiger partial charge in [-0.15, -0.1) is 0 Å². The first-order valence-electron chi connectivity index (χ1n) is 9.34. The van der Waals surface area contributed by atoms with Crippen molar-refractivity contribution in [2.24, 2.45) is 11.8 Å². The number of ketones is 1. The molecule has 1 aliphatic rings. The Kier molecular flexibility index (Phi) is 10.3. The Morgan fingerprint density at radius 1 is 1.21 bits per heavy atom. The molecule has 0 saturated heterocycles. The first kappa shape index (κ1) is 20.6. The highest BCUT2D eigenvalue weighted by atomic mass is 16.4. The standard InChI is InChI=1S/C20H32O4/c1-2-3-6-9-17(21)14-12-16-13-15-19(22)18(16)10-7-4-5-8-11-20(23)24/h12-18,21H,2-11H2,1H3,(H,23,24)/b14-12+/t16-,17-,18+/m1/s1. The fourth-order valence-electron chi connectivity index (χ4n) is 3.14. The highest BCUT2D eigenvalue weighted by Gasteiger charge is 2.27. The molecule has 0 spiro atoms. The molecule has 0 unspecified atom stereocenters. The number of carbonyl (C=O) groups is 2. The average molecular weight is 336 g/mol. The Balaban J connectivity index is 2.29. The first-order chi connectivity index (χ1) is 11.5. The molecule has 0 bridgehead atoms. The van der Waals surface area contributed by atoms with Gasteiger partial charge in [0, 0.05) is 18.3 Å². The topological polar surface area (TPSA) is 74.6 Å². The minimum absolute atomic E-state index is 0.0106.